The van der Waals surface area contributed by atoms with Crippen molar-refractivity contribution >= 4 is 21.6 Å². The standard InChI is InChI=1S/C21H22FN3O4S/c1-4-24-30(27,28)16-9-10-18(22)17(11-16)20(26)25-15-7-5-14(6-8-15)21-23-12-19(29-21)13(2)3/h5-13,24H,4H2,1-3H3,(H,25,26). The van der Waals surface area contributed by atoms with E-state index in [1.165, 1.54) is 0 Å². The molecular formula is C21H22FN3O4S. The summed E-state index contributed by atoms with van der Waals surface area (Å²) in [5.74, 6) is -0.131. The van der Waals surface area contributed by atoms with E-state index in [1.54, 1.807) is 37.4 Å². The normalized spacial score (nSPS) is 11.6. The summed E-state index contributed by atoms with van der Waals surface area (Å²) in [6, 6.07) is 9.77. The zero-order valence-electron chi connectivity index (χ0n) is 16.8. The highest BCUT2D eigenvalue weighted by molar-refractivity contribution is 7.89. The maximum Gasteiger partial charge on any atom is 0.258 e. The van der Waals surface area contributed by atoms with Crippen molar-refractivity contribution in [1.82, 2.24) is 9.71 Å². The molecule has 0 bridgehead atoms. The number of nitrogens with zero attached hydrogens (tertiary/aromatic N) is 1. The fourth-order valence-electron chi connectivity index (χ4n) is 2.70. The fraction of sp³-hybridized carbons (Fsp3) is 0.238. The van der Waals surface area contributed by atoms with E-state index >= 15 is 0 Å². The second kappa shape index (κ2) is 8.76. The molecule has 0 spiro atoms. The van der Waals surface area contributed by atoms with Crippen LogP contribution in [-0.2, 0) is 10.0 Å². The van der Waals surface area contributed by atoms with Crippen LogP contribution in [0, 0.1) is 5.82 Å². The molecule has 2 N–H and O–H groups in total. The molecule has 1 aromatic heterocycles. The van der Waals surface area contributed by atoms with Crippen LogP contribution in [0.25, 0.3) is 11.5 Å². The minimum atomic E-state index is -3.81. The summed E-state index contributed by atoms with van der Waals surface area (Å²) in [5.41, 5.74) is 0.774. The largest absolute Gasteiger partial charge is 0.441 e. The molecule has 3 aromatic rings. The number of sulfonamides is 1. The van der Waals surface area contributed by atoms with Crippen molar-refractivity contribution in [3.8, 4) is 11.5 Å². The maximum atomic E-state index is 14.2. The first-order valence-corrected chi connectivity index (χ1v) is 10.9. The molecule has 0 aliphatic rings. The van der Waals surface area contributed by atoms with E-state index in [-0.39, 0.29) is 22.9 Å². The molecule has 1 heterocycles. The van der Waals surface area contributed by atoms with Crippen LogP contribution in [0.4, 0.5) is 10.1 Å². The SMILES string of the molecule is CCNS(=O)(=O)c1ccc(F)c(C(=O)Nc2ccc(-c3ncc(C(C)C)o3)cc2)c1. The third-order valence-electron chi connectivity index (χ3n) is 4.31. The number of anilines is 1. The van der Waals surface area contributed by atoms with Gasteiger partial charge in [-0.3, -0.25) is 4.79 Å². The number of halogens is 1. The Morgan fingerprint density at radius 2 is 1.87 bits per heavy atom. The molecule has 0 radical (unpaired) electrons. The molecule has 0 atom stereocenters. The van der Waals surface area contributed by atoms with Gasteiger partial charge in [0.15, 0.2) is 0 Å². The number of benzene rings is 2. The van der Waals surface area contributed by atoms with Crippen molar-refractivity contribution in [1.29, 1.82) is 0 Å². The van der Waals surface area contributed by atoms with Gasteiger partial charge in [0.05, 0.1) is 16.7 Å². The van der Waals surface area contributed by atoms with E-state index in [0.29, 0.717) is 11.6 Å². The van der Waals surface area contributed by atoms with Crippen molar-refractivity contribution in [2.75, 3.05) is 11.9 Å². The van der Waals surface area contributed by atoms with E-state index in [9.17, 15) is 17.6 Å². The predicted molar refractivity (Wildman–Crippen MR) is 111 cm³/mol. The lowest BCUT2D eigenvalue weighted by Crippen LogP contribution is -2.24. The number of oxazole rings is 1. The first-order chi connectivity index (χ1) is 14.2. The van der Waals surface area contributed by atoms with E-state index in [4.69, 9.17) is 4.42 Å². The van der Waals surface area contributed by atoms with Crippen LogP contribution in [0.1, 0.15) is 42.8 Å². The van der Waals surface area contributed by atoms with E-state index in [1.807, 2.05) is 13.8 Å². The molecule has 1 amide bonds. The minimum Gasteiger partial charge on any atom is -0.441 e. The Morgan fingerprint density at radius 1 is 1.17 bits per heavy atom. The molecule has 30 heavy (non-hydrogen) atoms. The minimum absolute atomic E-state index is 0.177. The van der Waals surface area contributed by atoms with Gasteiger partial charge in [-0.15, -0.1) is 0 Å². The number of rotatable bonds is 7. The Labute approximate surface area is 174 Å². The number of aromatic nitrogens is 1. The van der Waals surface area contributed by atoms with Gasteiger partial charge in [0, 0.05) is 23.7 Å². The number of carbonyl (C=O) groups is 1. The Balaban J connectivity index is 1.79. The van der Waals surface area contributed by atoms with Crippen LogP contribution in [0.2, 0.25) is 0 Å². The van der Waals surface area contributed by atoms with Gasteiger partial charge in [0.2, 0.25) is 15.9 Å². The van der Waals surface area contributed by atoms with Crippen molar-refractivity contribution in [3.05, 3.63) is 65.8 Å². The third kappa shape index (κ3) is 4.74. The van der Waals surface area contributed by atoms with Crippen LogP contribution in [0.15, 0.2) is 58.0 Å². The summed E-state index contributed by atoms with van der Waals surface area (Å²) >= 11 is 0. The number of hydrogen-bond acceptors (Lipinski definition) is 5. The molecule has 9 heteroatoms. The van der Waals surface area contributed by atoms with Crippen molar-refractivity contribution in [2.24, 2.45) is 0 Å². The van der Waals surface area contributed by atoms with Gasteiger partial charge in [0.25, 0.3) is 5.91 Å². The summed E-state index contributed by atoms with van der Waals surface area (Å²) in [7, 11) is -3.81. The van der Waals surface area contributed by atoms with Gasteiger partial charge in [0.1, 0.15) is 11.6 Å². The van der Waals surface area contributed by atoms with Gasteiger partial charge < -0.3 is 9.73 Å². The summed E-state index contributed by atoms with van der Waals surface area (Å²) < 4.78 is 46.4. The Morgan fingerprint density at radius 3 is 2.47 bits per heavy atom. The first-order valence-electron chi connectivity index (χ1n) is 9.38. The van der Waals surface area contributed by atoms with Crippen LogP contribution >= 0.6 is 0 Å². The molecule has 0 aliphatic carbocycles. The van der Waals surface area contributed by atoms with E-state index in [0.717, 1.165) is 29.5 Å². The molecule has 0 saturated heterocycles. The lowest BCUT2D eigenvalue weighted by atomic mass is 10.1. The predicted octanol–water partition coefficient (Wildman–Crippen LogP) is 4.15. The summed E-state index contributed by atoms with van der Waals surface area (Å²) in [5, 5.41) is 2.57. The number of amides is 1. The fourth-order valence-corrected chi connectivity index (χ4v) is 3.77. The lowest BCUT2D eigenvalue weighted by molar-refractivity contribution is 0.102. The van der Waals surface area contributed by atoms with Gasteiger partial charge in [-0.05, 0) is 42.5 Å². The van der Waals surface area contributed by atoms with E-state index < -0.39 is 21.7 Å². The Kier molecular flexibility index (Phi) is 6.33. The number of hydrogen-bond donors (Lipinski definition) is 2. The van der Waals surface area contributed by atoms with Crippen molar-refractivity contribution < 1.29 is 22.0 Å². The van der Waals surface area contributed by atoms with E-state index in [2.05, 4.69) is 15.0 Å². The second-order valence-electron chi connectivity index (χ2n) is 6.90. The average Bonchev–Trinajstić information content (AvgIpc) is 3.19. The molecule has 7 nitrogen and oxygen atoms in total. The zero-order chi connectivity index (χ0) is 21.9. The highest BCUT2D eigenvalue weighted by atomic mass is 32.2. The van der Waals surface area contributed by atoms with Gasteiger partial charge in [-0.25, -0.2) is 22.5 Å². The summed E-state index contributed by atoms with van der Waals surface area (Å²) in [6.45, 7) is 5.80. The lowest BCUT2D eigenvalue weighted by Gasteiger charge is -2.09. The van der Waals surface area contributed by atoms with Crippen LogP contribution in [-0.4, -0.2) is 25.9 Å². The molecule has 0 fully saturated rings. The number of nitrogens with one attached hydrogen (secondary N) is 2. The van der Waals surface area contributed by atoms with Gasteiger partial charge >= 0.3 is 0 Å². The Bertz CT molecular complexity index is 1160. The molecular weight excluding hydrogens is 409 g/mol. The second-order valence-corrected chi connectivity index (χ2v) is 8.66. The zero-order valence-corrected chi connectivity index (χ0v) is 17.6. The molecule has 2 aromatic carbocycles. The highest BCUT2D eigenvalue weighted by Crippen LogP contribution is 2.25. The Hall–Kier alpha value is -3.04. The smallest absolute Gasteiger partial charge is 0.258 e. The van der Waals surface area contributed by atoms with Crippen LogP contribution in [0.3, 0.4) is 0 Å². The monoisotopic (exact) mass is 431 g/mol. The number of carbonyl (C=O) groups excluding carboxylic acids is 1. The van der Waals surface area contributed by atoms with Gasteiger partial charge in [-0.2, -0.15) is 0 Å². The first kappa shape index (κ1) is 21.7. The molecule has 0 unspecified atom stereocenters. The third-order valence-corrected chi connectivity index (χ3v) is 5.85. The maximum absolute atomic E-state index is 14.2. The van der Waals surface area contributed by atoms with Crippen molar-refractivity contribution in [2.45, 2.75) is 31.6 Å². The quantitative estimate of drug-likeness (QED) is 0.585. The van der Waals surface area contributed by atoms with Crippen LogP contribution < -0.4 is 10.0 Å². The molecule has 158 valence electrons. The summed E-state index contributed by atoms with van der Waals surface area (Å²) in [4.78, 5) is 16.6. The summed E-state index contributed by atoms with van der Waals surface area (Å²) in [6.07, 6.45) is 1.67. The van der Waals surface area contributed by atoms with Crippen molar-refractivity contribution in [3.63, 3.8) is 0 Å². The average molecular weight is 431 g/mol. The highest BCUT2D eigenvalue weighted by Gasteiger charge is 2.19. The topological polar surface area (TPSA) is 101 Å². The molecule has 0 saturated carbocycles. The molecule has 0 aliphatic heterocycles. The van der Waals surface area contributed by atoms with Crippen LogP contribution in [0.5, 0.6) is 0 Å². The van der Waals surface area contributed by atoms with Gasteiger partial charge in [-0.1, -0.05) is 20.8 Å². The molecule has 3 rings (SSSR count).